The Hall–Kier alpha value is -3.12. The molecule has 34 heavy (non-hydrogen) atoms. The van der Waals surface area contributed by atoms with Gasteiger partial charge in [-0.2, -0.15) is 0 Å². The zero-order chi connectivity index (χ0) is 23.9. The lowest BCUT2D eigenvalue weighted by Gasteiger charge is -2.30. The summed E-state index contributed by atoms with van der Waals surface area (Å²) in [5.74, 6) is 0.987. The molecule has 1 heterocycles. The minimum absolute atomic E-state index is 0.0471. The number of piperidine rings is 1. The number of carbonyl (C=O) groups excluding carboxylic acids is 2. The van der Waals surface area contributed by atoms with Crippen molar-refractivity contribution in [3.63, 3.8) is 0 Å². The lowest BCUT2D eigenvalue weighted by molar-refractivity contribution is 0.0697. The van der Waals surface area contributed by atoms with E-state index in [1.165, 1.54) is 5.56 Å². The van der Waals surface area contributed by atoms with Crippen molar-refractivity contribution in [2.45, 2.75) is 26.2 Å². The van der Waals surface area contributed by atoms with Crippen LogP contribution < -0.4 is 10.1 Å². The molecule has 3 aromatic rings. The van der Waals surface area contributed by atoms with Gasteiger partial charge < -0.3 is 15.0 Å². The highest BCUT2D eigenvalue weighted by Crippen LogP contribution is 2.25. The molecule has 1 aliphatic rings. The molecular weight excluding hydrogens is 492 g/mol. The molecule has 0 atom stereocenters. The number of nitrogens with zero attached hydrogens (tertiary/aromatic N) is 1. The quantitative estimate of drug-likeness (QED) is 0.403. The number of likely N-dealkylation sites (tertiary alicyclic amines) is 1. The molecule has 1 fully saturated rings. The van der Waals surface area contributed by atoms with E-state index in [1.54, 1.807) is 36.4 Å². The van der Waals surface area contributed by atoms with Gasteiger partial charge in [0.1, 0.15) is 5.75 Å². The van der Waals surface area contributed by atoms with Gasteiger partial charge >= 0.3 is 0 Å². The number of ether oxygens (including phenoxy) is 1. The van der Waals surface area contributed by atoms with Crippen LogP contribution in [0.4, 0.5) is 5.69 Å². The van der Waals surface area contributed by atoms with Crippen molar-refractivity contribution < 1.29 is 14.3 Å². The number of hydrogen-bond acceptors (Lipinski definition) is 3. The van der Waals surface area contributed by atoms with Gasteiger partial charge in [-0.3, -0.25) is 9.59 Å². The normalized spacial score (nSPS) is 14.0. The lowest BCUT2D eigenvalue weighted by Crippen LogP contribution is -2.37. The number of benzene rings is 3. The van der Waals surface area contributed by atoms with Crippen LogP contribution in [0.15, 0.2) is 77.3 Å². The summed E-state index contributed by atoms with van der Waals surface area (Å²) in [5.41, 5.74) is 2.90. The highest BCUT2D eigenvalue weighted by Gasteiger charge is 2.21. The highest BCUT2D eigenvalue weighted by molar-refractivity contribution is 9.10. The topological polar surface area (TPSA) is 58.6 Å². The van der Waals surface area contributed by atoms with E-state index in [1.807, 2.05) is 29.2 Å². The van der Waals surface area contributed by atoms with Crippen molar-refractivity contribution in [2.24, 2.45) is 5.92 Å². The SMILES string of the molecule is CC1CCN(C(=O)c2ccc(NC(=O)c3cc(Br)ccc3OCCc3ccccc3)cc2)CC1. The fraction of sp³-hybridized carbons (Fsp3) is 0.286. The van der Waals surface area contributed by atoms with Crippen LogP contribution in [-0.2, 0) is 6.42 Å². The van der Waals surface area contributed by atoms with Crippen LogP contribution in [0, 0.1) is 5.92 Å². The van der Waals surface area contributed by atoms with Crippen LogP contribution in [0.1, 0.15) is 46.0 Å². The van der Waals surface area contributed by atoms with Gasteiger partial charge in [0.25, 0.3) is 11.8 Å². The molecule has 2 amide bonds. The van der Waals surface area contributed by atoms with Crippen molar-refractivity contribution in [1.82, 2.24) is 4.90 Å². The van der Waals surface area contributed by atoms with Gasteiger partial charge in [0.15, 0.2) is 0 Å². The van der Waals surface area contributed by atoms with Crippen LogP contribution in [0.3, 0.4) is 0 Å². The maximum absolute atomic E-state index is 13.0. The molecule has 0 aromatic heterocycles. The third-order valence-corrected chi connectivity index (χ3v) is 6.63. The molecule has 6 heteroatoms. The van der Waals surface area contributed by atoms with E-state index in [0.717, 1.165) is 36.8 Å². The summed E-state index contributed by atoms with van der Waals surface area (Å²) < 4.78 is 6.74. The average molecular weight is 521 g/mol. The predicted octanol–water partition coefficient (Wildman–Crippen LogP) is 6.20. The highest BCUT2D eigenvalue weighted by atomic mass is 79.9. The second-order valence-corrected chi connectivity index (χ2v) is 9.65. The van der Waals surface area contributed by atoms with E-state index >= 15 is 0 Å². The average Bonchev–Trinajstić information content (AvgIpc) is 2.86. The minimum atomic E-state index is -0.264. The van der Waals surface area contributed by atoms with E-state index in [4.69, 9.17) is 4.74 Å². The number of anilines is 1. The Morgan fingerprint density at radius 2 is 1.71 bits per heavy atom. The molecule has 0 spiro atoms. The molecule has 4 rings (SSSR count). The maximum Gasteiger partial charge on any atom is 0.259 e. The second kappa shape index (κ2) is 11.3. The molecule has 0 saturated carbocycles. The third-order valence-electron chi connectivity index (χ3n) is 6.14. The zero-order valence-corrected chi connectivity index (χ0v) is 20.9. The van der Waals surface area contributed by atoms with Crippen LogP contribution in [0.2, 0.25) is 0 Å². The zero-order valence-electron chi connectivity index (χ0n) is 19.3. The monoisotopic (exact) mass is 520 g/mol. The Bertz CT molecular complexity index is 1120. The molecule has 1 saturated heterocycles. The number of rotatable bonds is 7. The molecule has 0 radical (unpaired) electrons. The smallest absolute Gasteiger partial charge is 0.259 e. The first-order valence-corrected chi connectivity index (χ1v) is 12.5. The van der Waals surface area contributed by atoms with Crippen LogP contribution in [-0.4, -0.2) is 36.4 Å². The van der Waals surface area contributed by atoms with Gasteiger partial charge in [0, 0.05) is 35.2 Å². The molecule has 3 aromatic carbocycles. The molecule has 5 nitrogen and oxygen atoms in total. The molecule has 1 N–H and O–H groups in total. The van der Waals surface area contributed by atoms with E-state index in [-0.39, 0.29) is 11.8 Å². The van der Waals surface area contributed by atoms with Gasteiger partial charge in [-0.15, -0.1) is 0 Å². The minimum Gasteiger partial charge on any atom is -0.492 e. The van der Waals surface area contributed by atoms with Crippen LogP contribution >= 0.6 is 15.9 Å². The Morgan fingerprint density at radius 3 is 2.41 bits per heavy atom. The largest absolute Gasteiger partial charge is 0.492 e. The maximum atomic E-state index is 13.0. The Morgan fingerprint density at radius 1 is 1.00 bits per heavy atom. The summed E-state index contributed by atoms with van der Waals surface area (Å²) in [4.78, 5) is 27.7. The number of carbonyl (C=O) groups is 2. The van der Waals surface area contributed by atoms with Crippen molar-refractivity contribution in [1.29, 1.82) is 0 Å². The Balaban J connectivity index is 1.39. The van der Waals surface area contributed by atoms with E-state index < -0.39 is 0 Å². The lowest BCUT2D eigenvalue weighted by atomic mass is 9.98. The first-order chi connectivity index (χ1) is 16.5. The number of amides is 2. The Labute approximate surface area is 209 Å². The van der Waals surface area contributed by atoms with Gasteiger partial charge in [-0.25, -0.2) is 0 Å². The van der Waals surface area contributed by atoms with E-state index in [9.17, 15) is 9.59 Å². The van der Waals surface area contributed by atoms with Gasteiger partial charge in [0.2, 0.25) is 0 Å². The van der Waals surface area contributed by atoms with Crippen molar-refractivity contribution >= 4 is 33.4 Å². The molecule has 0 aliphatic carbocycles. The molecule has 176 valence electrons. The fourth-order valence-electron chi connectivity index (χ4n) is 4.02. The van der Waals surface area contributed by atoms with E-state index in [0.29, 0.717) is 35.1 Å². The second-order valence-electron chi connectivity index (χ2n) is 8.73. The summed E-state index contributed by atoms with van der Waals surface area (Å²) in [6, 6.07) is 22.6. The van der Waals surface area contributed by atoms with Crippen molar-refractivity contribution in [3.05, 3.63) is 94.0 Å². The Kier molecular flexibility index (Phi) is 8.01. The van der Waals surface area contributed by atoms with Gasteiger partial charge in [-0.1, -0.05) is 53.2 Å². The summed E-state index contributed by atoms with van der Waals surface area (Å²) in [7, 11) is 0. The van der Waals surface area contributed by atoms with Gasteiger partial charge in [-0.05, 0) is 66.8 Å². The van der Waals surface area contributed by atoms with Gasteiger partial charge in [0.05, 0.1) is 12.2 Å². The number of hydrogen-bond donors (Lipinski definition) is 1. The van der Waals surface area contributed by atoms with Crippen LogP contribution in [0.25, 0.3) is 0 Å². The molecular formula is C28H29BrN2O3. The summed E-state index contributed by atoms with van der Waals surface area (Å²) in [5, 5.41) is 2.92. The standard InChI is InChI=1S/C28H29BrN2O3/c1-20-13-16-31(17-14-20)28(33)22-7-10-24(11-8-22)30-27(32)25-19-23(29)9-12-26(25)34-18-15-21-5-3-2-4-6-21/h2-12,19-20H,13-18H2,1H3,(H,30,32). The third kappa shape index (κ3) is 6.26. The predicted molar refractivity (Wildman–Crippen MR) is 138 cm³/mol. The first kappa shape index (κ1) is 24.0. The molecule has 1 aliphatic heterocycles. The molecule has 0 unspecified atom stereocenters. The van der Waals surface area contributed by atoms with E-state index in [2.05, 4.69) is 40.3 Å². The molecule has 0 bridgehead atoms. The summed E-state index contributed by atoms with van der Waals surface area (Å²) in [6.45, 7) is 4.30. The van der Waals surface area contributed by atoms with Crippen molar-refractivity contribution in [3.8, 4) is 5.75 Å². The fourth-order valence-corrected chi connectivity index (χ4v) is 4.38. The van der Waals surface area contributed by atoms with Crippen molar-refractivity contribution in [2.75, 3.05) is 25.0 Å². The number of halogens is 1. The van der Waals surface area contributed by atoms with Crippen LogP contribution in [0.5, 0.6) is 5.75 Å². The first-order valence-electron chi connectivity index (χ1n) is 11.7. The number of nitrogens with one attached hydrogen (secondary N) is 1. The summed E-state index contributed by atoms with van der Waals surface area (Å²) >= 11 is 3.44. The summed E-state index contributed by atoms with van der Waals surface area (Å²) in [6.07, 6.45) is 2.84.